The normalized spacial score (nSPS) is 16.3. The van der Waals surface area contributed by atoms with Crippen LogP contribution in [0, 0.1) is 5.92 Å². The Balaban J connectivity index is 1.90. The lowest BCUT2D eigenvalue weighted by Gasteiger charge is -2.18. The average Bonchev–Trinajstić information content (AvgIpc) is 3.05. The van der Waals surface area contributed by atoms with Crippen LogP contribution in [0.15, 0.2) is 18.2 Å². The van der Waals surface area contributed by atoms with Crippen molar-refractivity contribution in [3.8, 4) is 11.5 Å². The second kappa shape index (κ2) is 8.06. The van der Waals surface area contributed by atoms with Gasteiger partial charge in [-0.2, -0.15) is 0 Å². The molecule has 1 atom stereocenters. The van der Waals surface area contributed by atoms with Crippen molar-refractivity contribution in [2.45, 2.75) is 51.5 Å². The lowest BCUT2D eigenvalue weighted by Crippen LogP contribution is -2.27. The van der Waals surface area contributed by atoms with Crippen LogP contribution < -0.4 is 14.8 Å². The third-order valence-electron chi connectivity index (χ3n) is 4.54. The van der Waals surface area contributed by atoms with Crippen LogP contribution in [0.4, 0.5) is 0 Å². The lowest BCUT2D eigenvalue weighted by molar-refractivity contribution is -0.122. The fraction of sp³-hybridized carbons (Fsp3) is 0.611. The Morgan fingerprint density at radius 3 is 2.64 bits per heavy atom. The monoisotopic (exact) mass is 305 g/mol. The van der Waals surface area contributed by atoms with E-state index in [1.807, 2.05) is 25.1 Å². The second-order valence-corrected chi connectivity index (χ2v) is 6.09. The third-order valence-corrected chi connectivity index (χ3v) is 4.54. The van der Waals surface area contributed by atoms with Crippen LogP contribution in [-0.4, -0.2) is 20.1 Å². The Morgan fingerprint density at radius 2 is 2.00 bits per heavy atom. The lowest BCUT2D eigenvalue weighted by atomic mass is 10.0. The number of amides is 1. The van der Waals surface area contributed by atoms with Crippen LogP contribution in [0.3, 0.4) is 0 Å². The zero-order valence-electron chi connectivity index (χ0n) is 13.9. The summed E-state index contributed by atoms with van der Waals surface area (Å²) < 4.78 is 10.6. The minimum atomic E-state index is -0.0723. The number of nitrogens with one attached hydrogen (secondary N) is 1. The van der Waals surface area contributed by atoms with Crippen molar-refractivity contribution >= 4 is 5.91 Å². The van der Waals surface area contributed by atoms with Crippen LogP contribution in [0.25, 0.3) is 0 Å². The summed E-state index contributed by atoms with van der Waals surface area (Å²) in [5.41, 5.74) is 0.970. The molecule has 1 amide bonds. The third kappa shape index (κ3) is 4.39. The molecule has 1 fully saturated rings. The highest BCUT2D eigenvalue weighted by atomic mass is 16.5. The van der Waals surface area contributed by atoms with E-state index in [4.69, 9.17) is 9.47 Å². The van der Waals surface area contributed by atoms with Crippen LogP contribution in [0.1, 0.15) is 57.1 Å². The molecule has 1 aliphatic rings. The topological polar surface area (TPSA) is 47.6 Å². The van der Waals surface area contributed by atoms with Crippen molar-refractivity contribution in [2.75, 3.05) is 14.2 Å². The highest BCUT2D eigenvalue weighted by molar-refractivity contribution is 5.76. The Hall–Kier alpha value is -1.71. The Kier molecular flexibility index (Phi) is 6.10. The summed E-state index contributed by atoms with van der Waals surface area (Å²) in [6.07, 6.45) is 6.85. The van der Waals surface area contributed by atoms with E-state index in [-0.39, 0.29) is 11.9 Å². The molecule has 0 aliphatic heterocycles. The zero-order valence-corrected chi connectivity index (χ0v) is 13.9. The van der Waals surface area contributed by atoms with Crippen molar-refractivity contribution in [1.29, 1.82) is 0 Å². The molecule has 1 aromatic carbocycles. The predicted octanol–water partition coefficient (Wildman–Crippen LogP) is 3.85. The molecule has 122 valence electrons. The number of rotatable bonds is 7. The fourth-order valence-electron chi connectivity index (χ4n) is 3.20. The molecule has 0 spiro atoms. The van der Waals surface area contributed by atoms with Crippen LogP contribution >= 0.6 is 0 Å². The van der Waals surface area contributed by atoms with E-state index in [9.17, 15) is 4.79 Å². The van der Waals surface area contributed by atoms with Crippen LogP contribution in [-0.2, 0) is 4.79 Å². The van der Waals surface area contributed by atoms with Gasteiger partial charge in [-0.25, -0.2) is 0 Å². The molecule has 4 nitrogen and oxygen atoms in total. The van der Waals surface area contributed by atoms with Gasteiger partial charge in [0.1, 0.15) is 11.5 Å². The smallest absolute Gasteiger partial charge is 0.220 e. The van der Waals surface area contributed by atoms with Crippen LogP contribution in [0.5, 0.6) is 11.5 Å². The summed E-state index contributed by atoms with van der Waals surface area (Å²) in [4.78, 5) is 12.1. The Bertz CT molecular complexity index is 495. The first-order valence-corrected chi connectivity index (χ1v) is 8.15. The molecule has 0 saturated heterocycles. The Labute approximate surface area is 133 Å². The van der Waals surface area contributed by atoms with E-state index in [2.05, 4.69) is 5.32 Å². The molecule has 4 heteroatoms. The molecule has 1 saturated carbocycles. The SMILES string of the molecule is COc1ccc(C(C)NC(=O)CCC2CCCC2)c(OC)c1. The zero-order chi connectivity index (χ0) is 15.9. The number of ether oxygens (including phenoxy) is 2. The van der Waals surface area contributed by atoms with Gasteiger partial charge in [0, 0.05) is 18.1 Å². The van der Waals surface area contributed by atoms with Gasteiger partial charge in [0.05, 0.1) is 20.3 Å². The molecular weight excluding hydrogens is 278 g/mol. The molecule has 0 heterocycles. The van der Waals surface area contributed by atoms with E-state index in [1.165, 1.54) is 25.7 Å². The molecule has 1 aliphatic carbocycles. The van der Waals surface area contributed by atoms with Gasteiger partial charge in [-0.05, 0) is 31.4 Å². The van der Waals surface area contributed by atoms with Crippen molar-refractivity contribution in [3.05, 3.63) is 23.8 Å². The summed E-state index contributed by atoms with van der Waals surface area (Å²) in [7, 11) is 3.26. The predicted molar refractivity (Wildman–Crippen MR) is 87.3 cm³/mol. The van der Waals surface area contributed by atoms with Gasteiger partial charge in [0.2, 0.25) is 5.91 Å². The maximum Gasteiger partial charge on any atom is 0.220 e. The van der Waals surface area contributed by atoms with Crippen molar-refractivity contribution < 1.29 is 14.3 Å². The highest BCUT2D eigenvalue weighted by Crippen LogP contribution is 2.30. The molecular formula is C18H27NO3. The largest absolute Gasteiger partial charge is 0.497 e. The van der Waals surface area contributed by atoms with Gasteiger partial charge in [0.15, 0.2) is 0 Å². The van der Waals surface area contributed by atoms with Crippen LogP contribution in [0.2, 0.25) is 0 Å². The number of methoxy groups -OCH3 is 2. The molecule has 0 aromatic heterocycles. The summed E-state index contributed by atoms with van der Waals surface area (Å²) in [5, 5.41) is 3.07. The van der Waals surface area contributed by atoms with Gasteiger partial charge in [-0.3, -0.25) is 4.79 Å². The molecule has 0 bridgehead atoms. The maximum atomic E-state index is 12.1. The maximum absolute atomic E-state index is 12.1. The van der Waals surface area contributed by atoms with Crippen molar-refractivity contribution in [1.82, 2.24) is 5.32 Å². The van der Waals surface area contributed by atoms with E-state index in [0.29, 0.717) is 6.42 Å². The Morgan fingerprint density at radius 1 is 1.27 bits per heavy atom. The van der Waals surface area contributed by atoms with Crippen molar-refractivity contribution in [3.63, 3.8) is 0 Å². The highest BCUT2D eigenvalue weighted by Gasteiger charge is 2.18. The molecule has 1 unspecified atom stereocenters. The number of benzene rings is 1. The summed E-state index contributed by atoms with van der Waals surface area (Å²) in [6, 6.07) is 5.60. The number of carbonyl (C=O) groups is 1. The minimum absolute atomic E-state index is 0.0723. The second-order valence-electron chi connectivity index (χ2n) is 6.09. The van der Waals surface area contributed by atoms with E-state index < -0.39 is 0 Å². The molecule has 22 heavy (non-hydrogen) atoms. The van der Waals surface area contributed by atoms with E-state index >= 15 is 0 Å². The molecule has 1 aromatic rings. The first-order chi connectivity index (χ1) is 10.6. The van der Waals surface area contributed by atoms with E-state index in [0.717, 1.165) is 29.4 Å². The van der Waals surface area contributed by atoms with Gasteiger partial charge < -0.3 is 14.8 Å². The summed E-state index contributed by atoms with van der Waals surface area (Å²) >= 11 is 0. The first kappa shape index (κ1) is 16.7. The quantitative estimate of drug-likeness (QED) is 0.832. The van der Waals surface area contributed by atoms with Gasteiger partial charge in [0.25, 0.3) is 0 Å². The number of hydrogen-bond acceptors (Lipinski definition) is 3. The van der Waals surface area contributed by atoms with Crippen molar-refractivity contribution in [2.24, 2.45) is 5.92 Å². The molecule has 0 radical (unpaired) electrons. The van der Waals surface area contributed by atoms with Gasteiger partial charge in [-0.1, -0.05) is 25.7 Å². The van der Waals surface area contributed by atoms with Gasteiger partial charge >= 0.3 is 0 Å². The molecule has 1 N–H and O–H groups in total. The fourth-order valence-corrected chi connectivity index (χ4v) is 3.20. The average molecular weight is 305 g/mol. The molecule has 2 rings (SSSR count). The number of carbonyl (C=O) groups excluding carboxylic acids is 1. The summed E-state index contributed by atoms with van der Waals surface area (Å²) in [5.74, 6) is 2.36. The first-order valence-electron chi connectivity index (χ1n) is 8.15. The van der Waals surface area contributed by atoms with Gasteiger partial charge in [-0.15, -0.1) is 0 Å². The summed E-state index contributed by atoms with van der Waals surface area (Å²) in [6.45, 7) is 1.98. The number of hydrogen-bond donors (Lipinski definition) is 1. The minimum Gasteiger partial charge on any atom is -0.497 e. The standard InChI is InChI=1S/C18H27NO3/c1-13(16-10-9-15(21-2)12-17(16)22-3)19-18(20)11-8-14-6-4-5-7-14/h9-10,12-14H,4-8,11H2,1-3H3,(H,19,20). The van der Waals surface area contributed by atoms with E-state index in [1.54, 1.807) is 14.2 Å².